The van der Waals surface area contributed by atoms with Crippen molar-refractivity contribution in [3.05, 3.63) is 93.4 Å². The highest BCUT2D eigenvalue weighted by Crippen LogP contribution is 2.38. The fraction of sp³-hybridized carbons (Fsp3) is 0.185. The number of amides is 1. The fourth-order valence-electron chi connectivity index (χ4n) is 3.48. The van der Waals surface area contributed by atoms with Gasteiger partial charge in [-0.15, -0.1) is 0 Å². The van der Waals surface area contributed by atoms with E-state index in [0.29, 0.717) is 31.9 Å². The second-order valence-electron chi connectivity index (χ2n) is 8.41. The Bertz CT molecular complexity index is 1570. The SMILES string of the molecule is C=CCOc1c(Br)cc(/C=N/NC(=O)CN(c2ccc(Cl)c(C(F)(F)F)c2)S(=O)(=O)c2ccc(C)cc2)cc1OC. The molecule has 0 radical (unpaired) electrons. The first-order valence-electron chi connectivity index (χ1n) is 11.7. The van der Waals surface area contributed by atoms with Gasteiger partial charge >= 0.3 is 6.18 Å². The van der Waals surface area contributed by atoms with Gasteiger partial charge in [-0.1, -0.05) is 42.0 Å². The number of ether oxygens (including phenoxy) is 2. The van der Waals surface area contributed by atoms with Gasteiger partial charge in [0, 0.05) is 0 Å². The molecule has 0 saturated heterocycles. The van der Waals surface area contributed by atoms with Gasteiger partial charge in [-0.25, -0.2) is 13.8 Å². The zero-order chi connectivity index (χ0) is 30.4. The van der Waals surface area contributed by atoms with Gasteiger partial charge in [0.2, 0.25) is 0 Å². The van der Waals surface area contributed by atoms with Gasteiger partial charge in [0.15, 0.2) is 11.5 Å². The monoisotopic (exact) mass is 673 g/mol. The normalized spacial score (nSPS) is 11.8. The molecule has 0 atom stereocenters. The summed E-state index contributed by atoms with van der Waals surface area (Å²) >= 11 is 9.09. The van der Waals surface area contributed by atoms with Crippen LogP contribution in [0, 0.1) is 6.92 Å². The first kappa shape index (κ1) is 32.0. The van der Waals surface area contributed by atoms with Crippen molar-refractivity contribution < 1.29 is 35.9 Å². The van der Waals surface area contributed by atoms with Gasteiger partial charge in [0.05, 0.1) is 39.0 Å². The number of hydrogen-bond acceptors (Lipinski definition) is 6. The Kier molecular flexibility index (Phi) is 10.5. The third kappa shape index (κ3) is 8.02. The fourth-order valence-corrected chi connectivity index (χ4v) is 5.69. The van der Waals surface area contributed by atoms with E-state index in [9.17, 15) is 26.4 Å². The minimum Gasteiger partial charge on any atom is -0.493 e. The molecule has 14 heteroatoms. The molecule has 3 aromatic rings. The summed E-state index contributed by atoms with van der Waals surface area (Å²) in [7, 11) is -3.04. The largest absolute Gasteiger partial charge is 0.493 e. The molecule has 0 heterocycles. The number of aryl methyl sites for hydroxylation is 1. The van der Waals surface area contributed by atoms with Crippen LogP contribution in [0.2, 0.25) is 5.02 Å². The van der Waals surface area contributed by atoms with Crippen LogP contribution >= 0.6 is 27.5 Å². The second kappa shape index (κ2) is 13.4. The molecule has 0 spiro atoms. The molecule has 3 aromatic carbocycles. The maximum atomic E-state index is 13.5. The average Bonchev–Trinajstić information content (AvgIpc) is 2.91. The lowest BCUT2D eigenvalue weighted by Crippen LogP contribution is -2.39. The van der Waals surface area contributed by atoms with Crippen LogP contribution in [0.1, 0.15) is 16.7 Å². The summed E-state index contributed by atoms with van der Waals surface area (Å²) in [6.07, 6.45) is -2.03. The van der Waals surface area contributed by atoms with Crippen molar-refractivity contribution in [2.24, 2.45) is 5.10 Å². The Morgan fingerprint density at radius 1 is 1.17 bits per heavy atom. The highest BCUT2D eigenvalue weighted by molar-refractivity contribution is 9.10. The van der Waals surface area contributed by atoms with Gasteiger partial charge in [-0.05, 0) is 70.9 Å². The number of benzene rings is 3. The standard InChI is InChI=1S/C27H24BrClF3N3O5S/c1-4-11-40-26-22(28)12-18(13-24(26)39-3)15-33-34-25(36)16-35(41(37,38)20-8-5-17(2)6-9-20)19-7-10-23(29)21(14-19)27(30,31)32/h4-10,12-15H,1,11,16H2,2-3H3,(H,34,36)/b33-15+. The van der Waals surface area contributed by atoms with Crippen LogP contribution < -0.4 is 19.2 Å². The number of alkyl halides is 3. The van der Waals surface area contributed by atoms with Crippen LogP contribution in [-0.4, -0.2) is 40.8 Å². The molecule has 218 valence electrons. The van der Waals surface area contributed by atoms with E-state index in [4.69, 9.17) is 21.1 Å². The number of carbonyl (C=O) groups excluding carboxylic acids is 1. The first-order chi connectivity index (χ1) is 19.3. The number of hydrazone groups is 1. The summed E-state index contributed by atoms with van der Waals surface area (Å²) in [6.45, 7) is 4.68. The van der Waals surface area contributed by atoms with Crippen LogP contribution in [0.5, 0.6) is 11.5 Å². The first-order valence-corrected chi connectivity index (χ1v) is 14.3. The Balaban J connectivity index is 1.91. The molecule has 1 N–H and O–H groups in total. The Labute approximate surface area is 248 Å². The number of hydrogen-bond donors (Lipinski definition) is 1. The molecule has 3 rings (SSSR count). The van der Waals surface area contributed by atoms with Crippen LogP contribution in [-0.2, 0) is 21.0 Å². The van der Waals surface area contributed by atoms with E-state index >= 15 is 0 Å². The number of nitrogens with one attached hydrogen (secondary N) is 1. The van der Waals surface area contributed by atoms with E-state index in [1.54, 1.807) is 25.1 Å². The van der Waals surface area contributed by atoms with Gasteiger partial charge in [-0.3, -0.25) is 9.10 Å². The Morgan fingerprint density at radius 2 is 1.85 bits per heavy atom. The Hall–Kier alpha value is -3.55. The number of halogens is 5. The van der Waals surface area contributed by atoms with Crippen LogP contribution in [0.3, 0.4) is 0 Å². The zero-order valence-corrected chi connectivity index (χ0v) is 24.9. The molecule has 0 bridgehead atoms. The van der Waals surface area contributed by atoms with Crippen LogP contribution in [0.25, 0.3) is 0 Å². The minimum absolute atomic E-state index is 0.224. The molecule has 1 amide bonds. The number of rotatable bonds is 11. The van der Waals surface area contributed by atoms with Gasteiger partial charge in [-0.2, -0.15) is 18.3 Å². The number of methoxy groups -OCH3 is 1. The summed E-state index contributed by atoms with van der Waals surface area (Å²) in [5.74, 6) is -0.128. The van der Waals surface area contributed by atoms with E-state index in [2.05, 4.69) is 33.0 Å². The molecule has 41 heavy (non-hydrogen) atoms. The van der Waals surface area contributed by atoms with Gasteiger partial charge in [0.25, 0.3) is 15.9 Å². The number of anilines is 1. The van der Waals surface area contributed by atoms with Gasteiger partial charge < -0.3 is 9.47 Å². The molecule has 0 saturated carbocycles. The summed E-state index contributed by atoms with van der Waals surface area (Å²) in [5.41, 5.74) is 1.78. The zero-order valence-electron chi connectivity index (χ0n) is 21.7. The van der Waals surface area contributed by atoms with Crippen molar-refractivity contribution in [2.45, 2.75) is 18.0 Å². The van der Waals surface area contributed by atoms with Crippen molar-refractivity contribution in [3.63, 3.8) is 0 Å². The molecule has 0 unspecified atom stereocenters. The summed E-state index contributed by atoms with van der Waals surface area (Å²) in [5, 5.41) is 3.23. The van der Waals surface area contributed by atoms with Crippen LogP contribution in [0.4, 0.5) is 18.9 Å². The molecular formula is C27H24BrClF3N3O5S. The molecule has 0 aliphatic rings. The lowest BCUT2D eigenvalue weighted by Gasteiger charge is -2.25. The van der Waals surface area contributed by atoms with E-state index in [1.165, 1.54) is 37.6 Å². The minimum atomic E-state index is -4.86. The summed E-state index contributed by atoms with van der Waals surface area (Å²) < 4.78 is 79.6. The van der Waals surface area contributed by atoms with Crippen LogP contribution in [0.15, 0.2) is 81.7 Å². The van der Waals surface area contributed by atoms with E-state index in [1.807, 2.05) is 0 Å². The molecule has 0 fully saturated rings. The number of nitrogens with zero attached hydrogens (tertiary/aromatic N) is 2. The third-order valence-electron chi connectivity index (χ3n) is 5.44. The topological polar surface area (TPSA) is 97.3 Å². The Morgan fingerprint density at radius 3 is 2.46 bits per heavy atom. The van der Waals surface area contributed by atoms with E-state index in [-0.39, 0.29) is 11.5 Å². The molecular weight excluding hydrogens is 651 g/mol. The number of carbonyl (C=O) groups is 1. The van der Waals surface area contributed by atoms with E-state index in [0.717, 1.165) is 17.7 Å². The van der Waals surface area contributed by atoms with E-state index < -0.39 is 44.9 Å². The highest BCUT2D eigenvalue weighted by Gasteiger charge is 2.35. The van der Waals surface area contributed by atoms with Crippen molar-refractivity contribution in [1.82, 2.24) is 5.43 Å². The molecule has 0 aromatic heterocycles. The summed E-state index contributed by atoms with van der Waals surface area (Å²) in [6, 6.07) is 11.4. The molecule has 0 aliphatic carbocycles. The van der Waals surface area contributed by atoms with Crippen molar-refractivity contribution in [3.8, 4) is 11.5 Å². The van der Waals surface area contributed by atoms with Crippen molar-refractivity contribution in [2.75, 3.05) is 24.6 Å². The predicted octanol–water partition coefficient (Wildman–Crippen LogP) is 6.35. The maximum Gasteiger partial charge on any atom is 0.417 e. The van der Waals surface area contributed by atoms with Crippen molar-refractivity contribution in [1.29, 1.82) is 0 Å². The second-order valence-corrected chi connectivity index (χ2v) is 11.5. The lowest BCUT2D eigenvalue weighted by atomic mass is 10.2. The lowest BCUT2D eigenvalue weighted by molar-refractivity contribution is -0.137. The maximum absolute atomic E-state index is 13.5. The smallest absolute Gasteiger partial charge is 0.417 e. The molecule has 8 nitrogen and oxygen atoms in total. The van der Waals surface area contributed by atoms with Crippen molar-refractivity contribution >= 4 is 55.4 Å². The summed E-state index contributed by atoms with van der Waals surface area (Å²) in [4.78, 5) is 12.6. The number of sulfonamides is 1. The molecule has 0 aliphatic heterocycles. The highest BCUT2D eigenvalue weighted by atomic mass is 79.9. The average molecular weight is 675 g/mol. The quantitative estimate of drug-likeness (QED) is 0.145. The third-order valence-corrected chi connectivity index (χ3v) is 8.15. The van der Waals surface area contributed by atoms with Gasteiger partial charge in [0.1, 0.15) is 13.2 Å². The predicted molar refractivity (Wildman–Crippen MR) is 154 cm³/mol.